The van der Waals surface area contributed by atoms with E-state index in [0.717, 1.165) is 25.1 Å². The number of carbonyl (C=O) groups excluding carboxylic acids is 1. The van der Waals surface area contributed by atoms with Crippen LogP contribution in [0.3, 0.4) is 0 Å². The molecule has 1 N–H and O–H groups in total. The predicted molar refractivity (Wildman–Crippen MR) is 99.4 cm³/mol. The van der Waals surface area contributed by atoms with Crippen molar-refractivity contribution in [1.29, 1.82) is 0 Å². The molecule has 0 saturated heterocycles. The van der Waals surface area contributed by atoms with Crippen LogP contribution in [-0.2, 0) is 6.18 Å². The van der Waals surface area contributed by atoms with Gasteiger partial charge in [0.2, 0.25) is 0 Å². The van der Waals surface area contributed by atoms with Crippen LogP contribution in [0.15, 0.2) is 36.4 Å². The van der Waals surface area contributed by atoms with Crippen LogP contribution in [0.25, 0.3) is 0 Å². The van der Waals surface area contributed by atoms with Gasteiger partial charge in [-0.05, 0) is 69.0 Å². The van der Waals surface area contributed by atoms with Crippen molar-refractivity contribution in [1.82, 2.24) is 9.80 Å². The van der Waals surface area contributed by atoms with Gasteiger partial charge in [-0.2, -0.15) is 13.2 Å². The summed E-state index contributed by atoms with van der Waals surface area (Å²) < 4.78 is 38.0. The van der Waals surface area contributed by atoms with Gasteiger partial charge < -0.3 is 15.1 Å². The molecule has 0 spiro atoms. The number of fused-ring (bicyclic) bond motifs is 2. The van der Waals surface area contributed by atoms with E-state index in [1.54, 1.807) is 4.90 Å². The van der Waals surface area contributed by atoms with E-state index in [-0.39, 0.29) is 6.03 Å². The Kier molecular flexibility index (Phi) is 5.79. The molecule has 1 aromatic carbocycles. The lowest BCUT2D eigenvalue weighted by molar-refractivity contribution is -0.137. The molecule has 1 saturated carbocycles. The lowest BCUT2D eigenvalue weighted by Gasteiger charge is -2.29. The summed E-state index contributed by atoms with van der Waals surface area (Å²) in [6.45, 7) is 1.99. The van der Waals surface area contributed by atoms with Crippen molar-refractivity contribution in [2.45, 2.75) is 19.0 Å². The van der Waals surface area contributed by atoms with Crippen LogP contribution in [0.5, 0.6) is 0 Å². The van der Waals surface area contributed by atoms with Gasteiger partial charge in [-0.3, -0.25) is 0 Å². The summed E-state index contributed by atoms with van der Waals surface area (Å²) >= 11 is 0. The van der Waals surface area contributed by atoms with E-state index in [0.29, 0.717) is 36.5 Å². The summed E-state index contributed by atoms with van der Waals surface area (Å²) in [6.07, 6.45) is 2.43. The maximum atomic E-state index is 12.8. The van der Waals surface area contributed by atoms with Crippen LogP contribution < -0.4 is 5.32 Å². The molecule has 2 bridgehead atoms. The highest BCUT2D eigenvalue weighted by Crippen LogP contribution is 2.43. The number of nitrogens with one attached hydrogen (secondary N) is 1. The van der Waals surface area contributed by atoms with Crippen LogP contribution in [0.2, 0.25) is 0 Å². The zero-order chi connectivity index (χ0) is 19.6. The third-order valence-corrected chi connectivity index (χ3v) is 5.44. The van der Waals surface area contributed by atoms with Crippen molar-refractivity contribution in [3.8, 4) is 0 Å². The molecule has 4 nitrogen and oxygen atoms in total. The van der Waals surface area contributed by atoms with E-state index in [4.69, 9.17) is 0 Å². The zero-order valence-electron chi connectivity index (χ0n) is 15.7. The highest BCUT2D eigenvalue weighted by atomic mass is 19.4. The Morgan fingerprint density at radius 3 is 2.33 bits per heavy atom. The Morgan fingerprint density at radius 2 is 1.81 bits per heavy atom. The van der Waals surface area contributed by atoms with Gasteiger partial charge in [-0.25, -0.2) is 4.79 Å². The number of rotatable bonds is 6. The summed E-state index contributed by atoms with van der Waals surface area (Å²) in [4.78, 5) is 16.6. The lowest BCUT2D eigenvalue weighted by atomic mass is 9.93. The maximum absolute atomic E-state index is 12.8. The molecule has 0 heterocycles. The molecular formula is C20H26F3N3O. The fraction of sp³-hybridized carbons (Fsp3) is 0.550. The fourth-order valence-corrected chi connectivity index (χ4v) is 3.93. The number of likely N-dealkylation sites (N-methyl/N-ethyl adjacent to an activating group) is 1. The van der Waals surface area contributed by atoms with Crippen molar-refractivity contribution in [3.05, 3.63) is 42.0 Å². The SMILES string of the molecule is CN(C)CCN(CC1CC2C=CC1C2)C(=O)Nc1ccc(C(F)(F)F)cc1. The van der Waals surface area contributed by atoms with Gasteiger partial charge in [0.1, 0.15) is 0 Å². The molecule has 3 rings (SSSR count). The number of hydrogen-bond acceptors (Lipinski definition) is 2. The van der Waals surface area contributed by atoms with Gasteiger partial charge in [0, 0.05) is 25.3 Å². The highest BCUT2D eigenvalue weighted by Gasteiger charge is 2.37. The minimum absolute atomic E-state index is 0.261. The van der Waals surface area contributed by atoms with Crippen molar-refractivity contribution in [3.63, 3.8) is 0 Å². The molecule has 2 aliphatic rings. The standard InChI is InChI=1S/C20H26F3N3O/c1-25(2)9-10-26(13-16-12-14-3-4-15(16)11-14)19(27)24-18-7-5-17(6-8-18)20(21,22)23/h3-8,14-16H,9-13H2,1-2H3,(H,24,27). The summed E-state index contributed by atoms with van der Waals surface area (Å²) in [7, 11) is 3.90. The number of urea groups is 1. The number of amides is 2. The first-order valence-electron chi connectivity index (χ1n) is 9.28. The van der Waals surface area contributed by atoms with Gasteiger partial charge in [-0.15, -0.1) is 0 Å². The molecule has 3 unspecified atom stereocenters. The number of allylic oxidation sites excluding steroid dienone is 2. The number of benzene rings is 1. The normalized spacial score (nSPS) is 23.9. The van der Waals surface area contributed by atoms with Gasteiger partial charge >= 0.3 is 12.2 Å². The minimum atomic E-state index is -4.38. The Hall–Kier alpha value is -2.02. The number of halogens is 3. The third-order valence-electron chi connectivity index (χ3n) is 5.44. The number of hydrogen-bond donors (Lipinski definition) is 1. The molecule has 0 aromatic heterocycles. The Balaban J connectivity index is 1.64. The second-order valence-electron chi connectivity index (χ2n) is 7.79. The quantitative estimate of drug-likeness (QED) is 0.745. The number of nitrogens with zero attached hydrogens (tertiary/aromatic N) is 2. The van der Waals surface area contributed by atoms with Gasteiger partial charge in [0.15, 0.2) is 0 Å². The number of alkyl halides is 3. The maximum Gasteiger partial charge on any atom is 0.416 e. The molecule has 1 aromatic rings. The molecule has 1 fully saturated rings. The molecule has 0 radical (unpaired) electrons. The van der Waals surface area contributed by atoms with Crippen molar-refractivity contribution >= 4 is 11.7 Å². The highest BCUT2D eigenvalue weighted by molar-refractivity contribution is 5.89. The van der Waals surface area contributed by atoms with Crippen molar-refractivity contribution in [2.24, 2.45) is 17.8 Å². The first kappa shape index (κ1) is 19.7. The van der Waals surface area contributed by atoms with Crippen LogP contribution in [-0.4, -0.2) is 49.6 Å². The first-order chi connectivity index (χ1) is 12.7. The zero-order valence-corrected chi connectivity index (χ0v) is 15.7. The minimum Gasteiger partial charge on any atom is -0.323 e. The van der Waals surface area contributed by atoms with E-state index in [9.17, 15) is 18.0 Å². The molecular weight excluding hydrogens is 355 g/mol. The Morgan fingerprint density at radius 1 is 1.11 bits per heavy atom. The molecule has 7 heteroatoms. The summed E-state index contributed by atoms with van der Waals surface area (Å²) in [5.41, 5.74) is -0.352. The van der Waals surface area contributed by atoms with E-state index >= 15 is 0 Å². The topological polar surface area (TPSA) is 35.6 Å². The van der Waals surface area contributed by atoms with E-state index in [1.807, 2.05) is 19.0 Å². The molecule has 0 aliphatic heterocycles. The lowest BCUT2D eigenvalue weighted by Crippen LogP contribution is -2.42. The summed E-state index contributed by atoms with van der Waals surface area (Å²) in [5.74, 6) is 1.63. The number of carbonyl (C=O) groups is 1. The van der Waals surface area contributed by atoms with Crippen molar-refractivity contribution < 1.29 is 18.0 Å². The number of anilines is 1. The fourth-order valence-electron chi connectivity index (χ4n) is 3.93. The summed E-state index contributed by atoms with van der Waals surface area (Å²) in [5, 5.41) is 2.75. The van der Waals surface area contributed by atoms with Crippen LogP contribution in [0.4, 0.5) is 23.7 Å². The molecule has 3 atom stereocenters. The molecule has 27 heavy (non-hydrogen) atoms. The first-order valence-corrected chi connectivity index (χ1v) is 9.28. The van der Waals surface area contributed by atoms with E-state index in [1.165, 1.54) is 18.6 Å². The summed E-state index contributed by atoms with van der Waals surface area (Å²) in [6, 6.07) is 4.31. The van der Waals surface area contributed by atoms with Gasteiger partial charge in [0.25, 0.3) is 0 Å². The van der Waals surface area contributed by atoms with Crippen LogP contribution >= 0.6 is 0 Å². The molecule has 2 aliphatic carbocycles. The second-order valence-corrected chi connectivity index (χ2v) is 7.79. The molecule has 2 amide bonds. The largest absolute Gasteiger partial charge is 0.416 e. The van der Waals surface area contributed by atoms with E-state index < -0.39 is 11.7 Å². The molecule has 148 valence electrons. The van der Waals surface area contributed by atoms with Gasteiger partial charge in [-0.1, -0.05) is 12.2 Å². The van der Waals surface area contributed by atoms with Crippen LogP contribution in [0.1, 0.15) is 18.4 Å². The monoisotopic (exact) mass is 381 g/mol. The average Bonchev–Trinajstić information content (AvgIpc) is 3.21. The third kappa shape index (κ3) is 5.03. The van der Waals surface area contributed by atoms with E-state index in [2.05, 4.69) is 17.5 Å². The predicted octanol–water partition coefficient (Wildman–Crippen LogP) is 4.31. The average molecular weight is 381 g/mol. The Bertz CT molecular complexity index is 685. The van der Waals surface area contributed by atoms with Gasteiger partial charge in [0.05, 0.1) is 5.56 Å². The van der Waals surface area contributed by atoms with Crippen molar-refractivity contribution in [2.75, 3.05) is 39.0 Å². The Labute approximate surface area is 158 Å². The van der Waals surface area contributed by atoms with Crippen LogP contribution in [0, 0.1) is 17.8 Å². The second kappa shape index (κ2) is 7.92. The smallest absolute Gasteiger partial charge is 0.323 e.